The Morgan fingerprint density at radius 3 is 0.354 bits per heavy atom. The molecule has 0 bridgehead atoms. The average molecular weight is 1310 g/mol. The van der Waals surface area contributed by atoms with Gasteiger partial charge in [-0.15, -0.1) is 0 Å². The second-order valence-electron chi connectivity index (χ2n) is 8.13. The molecular weight excluding hydrogens is 1310 g/mol. The first-order valence-electron chi connectivity index (χ1n) is 9.48. The molecule has 0 atom stereocenters. The summed E-state index contributed by atoms with van der Waals surface area (Å²) in [5.41, 5.74) is 0. The minimum atomic E-state index is -3.51. The highest BCUT2D eigenvalue weighted by molar-refractivity contribution is 7.66. The molecular formula is C14H2Cl30O3S. The third kappa shape index (κ3) is 9.95. The van der Waals surface area contributed by atoms with Crippen molar-refractivity contribution in [3.05, 3.63) is 0 Å². The lowest BCUT2D eigenvalue weighted by atomic mass is 9.98. The molecule has 0 fully saturated rings. The van der Waals surface area contributed by atoms with Gasteiger partial charge in [-0.1, -0.05) is 348 Å². The summed E-state index contributed by atoms with van der Waals surface area (Å²) in [6, 6.07) is 0. The SMILES string of the molecule is ClC(Cl)(Cl)C(Cl)(Cl)C(Cl)(Cl)C(Cl)(Cl)C(Cl)(Cl)C(Cl)(Cl)C(Cl)(Cl)C(Cl)(Cl)C(Cl)(Cl)C(Cl)(Cl)C(Cl)(Cl)C(Cl)(Cl)C(Cl)(Cl)C(Cl)(Cl)Cl.O=[SH](=O)O. The van der Waals surface area contributed by atoms with Crippen LogP contribution in [0.4, 0.5) is 0 Å². The van der Waals surface area contributed by atoms with Gasteiger partial charge in [0.1, 0.15) is 0 Å². The zero-order valence-corrected chi connectivity index (χ0v) is 43.6. The fourth-order valence-electron chi connectivity index (χ4n) is 2.33. The predicted molar refractivity (Wildman–Crippen MR) is 227 cm³/mol. The van der Waals surface area contributed by atoms with E-state index in [2.05, 4.69) is 0 Å². The lowest BCUT2D eigenvalue weighted by Crippen LogP contribution is -2.75. The minimum Gasteiger partial charge on any atom is -0.288 e. The molecule has 0 aliphatic rings. The first-order chi connectivity index (χ1) is 20.0. The highest BCUT2D eigenvalue weighted by atomic mass is 35.6. The van der Waals surface area contributed by atoms with E-state index in [0.29, 0.717) is 0 Å². The molecule has 0 aromatic carbocycles. The summed E-state index contributed by atoms with van der Waals surface area (Å²) in [6.45, 7) is 0. The fraction of sp³-hybridized carbons (Fsp3) is 1.00. The van der Waals surface area contributed by atoms with Gasteiger partial charge in [0, 0.05) is 0 Å². The molecule has 0 aliphatic carbocycles. The molecule has 0 aliphatic heterocycles. The molecule has 0 amide bonds. The van der Waals surface area contributed by atoms with E-state index in [1.807, 2.05) is 0 Å². The Morgan fingerprint density at radius 2 is 0.292 bits per heavy atom. The van der Waals surface area contributed by atoms with Crippen LogP contribution >= 0.6 is 348 Å². The summed E-state index contributed by atoms with van der Waals surface area (Å²) in [4.78, 5) is 0. The van der Waals surface area contributed by atoms with E-state index in [0.717, 1.165) is 0 Å². The van der Waals surface area contributed by atoms with Crippen molar-refractivity contribution in [3.8, 4) is 0 Å². The summed E-state index contributed by atoms with van der Waals surface area (Å²) in [7, 11) is -3.12. The minimum absolute atomic E-state index is 2.80. The maximum absolute atomic E-state index is 8.59. The molecule has 0 saturated carbocycles. The van der Waals surface area contributed by atoms with Crippen molar-refractivity contribution in [1.82, 2.24) is 0 Å². The Hall–Kier alpha value is 8.61. The van der Waals surface area contributed by atoms with Crippen molar-refractivity contribution in [3.63, 3.8) is 0 Å². The zero-order valence-electron chi connectivity index (χ0n) is 20.0. The molecule has 0 aromatic heterocycles. The van der Waals surface area contributed by atoms with E-state index in [-0.39, 0.29) is 0 Å². The van der Waals surface area contributed by atoms with Gasteiger partial charge >= 0.3 is 0 Å². The Labute approximate surface area is 424 Å². The van der Waals surface area contributed by atoms with Gasteiger partial charge in [0.05, 0.1) is 0 Å². The van der Waals surface area contributed by atoms with Gasteiger partial charge in [-0.2, -0.15) is 0 Å². The van der Waals surface area contributed by atoms with Crippen LogP contribution in [0.15, 0.2) is 0 Å². The van der Waals surface area contributed by atoms with E-state index in [1.165, 1.54) is 0 Å². The Kier molecular flexibility index (Phi) is 22.2. The third-order valence-corrected chi connectivity index (χ3v) is 25.8. The molecule has 1 N–H and O–H groups in total. The van der Waals surface area contributed by atoms with Crippen LogP contribution in [-0.2, 0) is 11.0 Å². The highest BCUT2D eigenvalue weighted by Gasteiger charge is 2.86. The van der Waals surface area contributed by atoms with Crippen molar-refractivity contribution < 1.29 is 13.0 Å². The van der Waals surface area contributed by atoms with Gasteiger partial charge in [-0.3, -0.25) is 4.55 Å². The van der Waals surface area contributed by atoms with Crippen LogP contribution < -0.4 is 0 Å². The van der Waals surface area contributed by atoms with Crippen LogP contribution in [0, 0.1) is 0 Å². The quantitative estimate of drug-likeness (QED) is 0.123. The molecule has 0 aromatic rings. The molecule has 0 unspecified atom stereocenters. The highest BCUT2D eigenvalue weighted by Crippen LogP contribution is 2.77. The van der Waals surface area contributed by atoms with E-state index in [4.69, 9.17) is 361 Å². The number of thiol groups is 1. The molecule has 34 heteroatoms. The fourth-order valence-corrected chi connectivity index (χ4v) is 11.9. The summed E-state index contributed by atoms with van der Waals surface area (Å²) in [6.07, 6.45) is 0. The Balaban J connectivity index is 0. The van der Waals surface area contributed by atoms with Gasteiger partial charge < -0.3 is 0 Å². The lowest BCUT2D eigenvalue weighted by Gasteiger charge is -2.58. The van der Waals surface area contributed by atoms with Crippen molar-refractivity contribution in [2.45, 2.75) is 59.6 Å². The van der Waals surface area contributed by atoms with Gasteiger partial charge in [0.15, 0.2) is 43.3 Å². The van der Waals surface area contributed by atoms with Crippen molar-refractivity contribution in [2.75, 3.05) is 0 Å². The number of hydrogen-bond acceptors (Lipinski definition) is 2. The van der Waals surface area contributed by atoms with Gasteiger partial charge in [-0.05, 0) is 0 Å². The van der Waals surface area contributed by atoms with Crippen LogP contribution in [0.3, 0.4) is 0 Å². The van der Waals surface area contributed by atoms with Gasteiger partial charge in [0.2, 0.25) is 16.3 Å². The van der Waals surface area contributed by atoms with Crippen LogP contribution in [0.25, 0.3) is 0 Å². The topological polar surface area (TPSA) is 54.4 Å². The second-order valence-corrected chi connectivity index (χ2v) is 29.1. The molecule has 0 heterocycles. The smallest absolute Gasteiger partial charge is 0.254 e. The van der Waals surface area contributed by atoms with Crippen molar-refractivity contribution >= 4 is 359 Å². The molecule has 0 radical (unpaired) electrons. The molecule has 48 heavy (non-hydrogen) atoms. The maximum atomic E-state index is 8.59. The number of hydrogen-bond donors (Lipinski definition) is 2. The monoisotopic (exact) mass is 1300 g/mol. The Bertz CT molecular complexity index is 1130. The number of alkyl halides is 30. The average Bonchev–Trinajstić information content (AvgIpc) is 2.80. The van der Waals surface area contributed by atoms with Crippen LogP contribution in [0.2, 0.25) is 0 Å². The van der Waals surface area contributed by atoms with E-state index in [9.17, 15) is 0 Å². The standard InChI is InChI=1S/C14Cl30.H2O3S/c15-1(16,3(19,20)5(23,24)7(27,28)9(31,32)11(35,36)13(39,40)41)2(17,18)4(21,22)6(25,26)8(29,30)10(33,34)12(37,38)14(42,43)44;1-4(2)3/h;4H,(H,1,2,3). The predicted octanol–water partition coefficient (Wildman–Crippen LogP) is 16.9. The third-order valence-electron chi connectivity index (χ3n) is 5.05. The second kappa shape index (κ2) is 18.1. The van der Waals surface area contributed by atoms with Crippen LogP contribution in [0.1, 0.15) is 0 Å². The maximum Gasteiger partial charge on any atom is 0.254 e. The first-order valence-corrected chi connectivity index (χ1v) is 22.0. The first kappa shape index (κ1) is 58.7. The zero-order chi connectivity index (χ0) is 40.6. The summed E-state index contributed by atoms with van der Waals surface area (Å²) >= 11 is 186. The molecule has 0 spiro atoms. The van der Waals surface area contributed by atoms with E-state index >= 15 is 0 Å². The van der Waals surface area contributed by atoms with Crippen LogP contribution in [-0.4, -0.2) is 72.6 Å². The van der Waals surface area contributed by atoms with Crippen LogP contribution in [0.5, 0.6) is 0 Å². The number of halogens is 30. The van der Waals surface area contributed by atoms with Gasteiger partial charge in [0.25, 0.3) is 11.0 Å². The molecule has 0 rings (SSSR count). The largest absolute Gasteiger partial charge is 0.288 e. The molecule has 292 valence electrons. The molecule has 0 saturated heterocycles. The molecule has 3 nitrogen and oxygen atoms in total. The van der Waals surface area contributed by atoms with Crippen molar-refractivity contribution in [1.29, 1.82) is 0 Å². The normalized spacial score (nSPS) is 16.6. The number of rotatable bonds is 11. The lowest BCUT2D eigenvalue weighted by molar-refractivity contribution is 0.407. The van der Waals surface area contributed by atoms with E-state index in [1.54, 1.807) is 0 Å². The van der Waals surface area contributed by atoms with Crippen molar-refractivity contribution in [2.24, 2.45) is 0 Å². The summed E-state index contributed by atoms with van der Waals surface area (Å²) < 4.78 is -21.4. The summed E-state index contributed by atoms with van der Waals surface area (Å²) in [5, 5.41) is 0. The Morgan fingerprint density at radius 1 is 0.229 bits per heavy atom. The van der Waals surface area contributed by atoms with Gasteiger partial charge in [-0.25, -0.2) is 8.42 Å². The van der Waals surface area contributed by atoms with E-state index < -0.39 is 70.6 Å². The summed E-state index contributed by atoms with van der Waals surface area (Å²) in [5.74, 6) is 0.